The van der Waals surface area contributed by atoms with Crippen LogP contribution in [0.25, 0.3) is 0 Å². The molecule has 0 saturated heterocycles. The molecule has 2 aromatic carbocycles. The van der Waals surface area contributed by atoms with Crippen molar-refractivity contribution in [1.29, 1.82) is 0 Å². The van der Waals surface area contributed by atoms with Crippen molar-refractivity contribution < 1.29 is 13.9 Å². The molecule has 0 unspecified atom stereocenters. The van der Waals surface area contributed by atoms with Crippen LogP contribution in [0, 0.1) is 5.82 Å². The van der Waals surface area contributed by atoms with E-state index in [-0.39, 0.29) is 11.6 Å². The Kier molecular flexibility index (Phi) is 5.10. The summed E-state index contributed by atoms with van der Waals surface area (Å²) in [6.45, 7) is 0.604. The summed E-state index contributed by atoms with van der Waals surface area (Å²) in [5.41, 5.74) is 3.23. The van der Waals surface area contributed by atoms with E-state index in [1.165, 1.54) is 12.1 Å². The average molecular weight is 379 g/mol. The summed E-state index contributed by atoms with van der Waals surface area (Å²) in [5.74, 6) is -0.0803. The number of ether oxygens (including phenoxy) is 1. The number of hydrogen-bond acceptors (Lipinski definition) is 3. The maximum atomic E-state index is 13.9. The fourth-order valence-electron chi connectivity index (χ4n) is 3.78. The number of nitrogens with one attached hydrogen (secondary N) is 1. The largest absolute Gasteiger partial charge is 0.496 e. The van der Waals surface area contributed by atoms with Crippen molar-refractivity contribution >= 4 is 5.91 Å². The van der Waals surface area contributed by atoms with E-state index in [1.54, 1.807) is 19.2 Å². The number of benzene rings is 2. The first-order valence-electron chi connectivity index (χ1n) is 9.39. The standard InChI is InChI=1S/C22H22FN3O2/c1-28-21-12-5-2-7-15(21)14-26-20-11-6-10-19(17(20)13-24-26)25-22(27)16-8-3-4-9-18(16)23/h2-5,7-9,12-13,19H,6,10-11,14H2,1H3,(H,25,27)/t19-/m0/s1. The number of rotatable bonds is 5. The number of nitrogens with zero attached hydrogens (tertiary/aromatic N) is 2. The highest BCUT2D eigenvalue weighted by Gasteiger charge is 2.26. The Morgan fingerprint density at radius 2 is 2.04 bits per heavy atom. The van der Waals surface area contributed by atoms with Crippen LogP contribution in [0.4, 0.5) is 4.39 Å². The van der Waals surface area contributed by atoms with Gasteiger partial charge in [0.05, 0.1) is 31.5 Å². The van der Waals surface area contributed by atoms with E-state index < -0.39 is 11.7 Å². The van der Waals surface area contributed by atoms with Gasteiger partial charge in [0, 0.05) is 16.8 Å². The number of halogens is 1. The van der Waals surface area contributed by atoms with Crippen LogP contribution in [0.15, 0.2) is 54.7 Å². The smallest absolute Gasteiger partial charge is 0.254 e. The summed E-state index contributed by atoms with van der Waals surface area (Å²) in [4.78, 5) is 12.5. The Balaban J connectivity index is 1.56. The van der Waals surface area contributed by atoms with Crippen LogP contribution in [0.2, 0.25) is 0 Å². The van der Waals surface area contributed by atoms with Gasteiger partial charge in [0.1, 0.15) is 11.6 Å². The summed E-state index contributed by atoms with van der Waals surface area (Å²) < 4.78 is 21.3. The Morgan fingerprint density at radius 1 is 1.25 bits per heavy atom. The molecular formula is C22H22FN3O2. The van der Waals surface area contributed by atoms with Gasteiger partial charge in [-0.25, -0.2) is 4.39 Å². The monoisotopic (exact) mass is 379 g/mol. The number of fused-ring (bicyclic) bond motifs is 1. The van der Waals surface area contributed by atoms with Crippen LogP contribution in [0.3, 0.4) is 0 Å². The van der Waals surface area contributed by atoms with Gasteiger partial charge in [0.25, 0.3) is 5.91 Å². The zero-order chi connectivity index (χ0) is 19.5. The lowest BCUT2D eigenvalue weighted by Crippen LogP contribution is -2.31. The van der Waals surface area contributed by atoms with Crippen LogP contribution < -0.4 is 10.1 Å². The van der Waals surface area contributed by atoms with Crippen molar-refractivity contribution in [2.24, 2.45) is 0 Å². The summed E-state index contributed by atoms with van der Waals surface area (Å²) in [7, 11) is 1.66. The number of aromatic nitrogens is 2. The summed E-state index contributed by atoms with van der Waals surface area (Å²) in [6, 6.07) is 13.7. The minimum atomic E-state index is -0.511. The Bertz CT molecular complexity index is 999. The number of carbonyl (C=O) groups is 1. The molecule has 1 heterocycles. The highest BCUT2D eigenvalue weighted by Crippen LogP contribution is 2.31. The van der Waals surface area contributed by atoms with Crippen molar-refractivity contribution in [3.8, 4) is 5.75 Å². The number of carbonyl (C=O) groups excluding carboxylic acids is 1. The van der Waals surface area contributed by atoms with Gasteiger partial charge in [-0.05, 0) is 37.5 Å². The van der Waals surface area contributed by atoms with Crippen LogP contribution in [-0.4, -0.2) is 22.8 Å². The van der Waals surface area contributed by atoms with Gasteiger partial charge >= 0.3 is 0 Å². The molecule has 1 amide bonds. The van der Waals surface area contributed by atoms with Gasteiger partial charge in [0.15, 0.2) is 0 Å². The topological polar surface area (TPSA) is 56.1 Å². The second kappa shape index (κ2) is 7.84. The van der Waals surface area contributed by atoms with E-state index in [0.29, 0.717) is 6.54 Å². The zero-order valence-electron chi connectivity index (χ0n) is 15.7. The van der Waals surface area contributed by atoms with Gasteiger partial charge in [-0.15, -0.1) is 0 Å². The predicted molar refractivity (Wildman–Crippen MR) is 104 cm³/mol. The fourth-order valence-corrected chi connectivity index (χ4v) is 3.78. The highest BCUT2D eigenvalue weighted by atomic mass is 19.1. The molecule has 0 radical (unpaired) electrons. The van der Waals surface area contributed by atoms with E-state index in [0.717, 1.165) is 41.8 Å². The molecule has 0 fully saturated rings. The minimum Gasteiger partial charge on any atom is -0.496 e. The van der Waals surface area contributed by atoms with Gasteiger partial charge < -0.3 is 10.1 Å². The van der Waals surface area contributed by atoms with E-state index in [9.17, 15) is 9.18 Å². The normalized spacial score (nSPS) is 15.7. The molecule has 6 heteroatoms. The molecule has 0 saturated carbocycles. The molecule has 1 N–H and O–H groups in total. The molecule has 28 heavy (non-hydrogen) atoms. The number of methoxy groups -OCH3 is 1. The zero-order valence-corrected chi connectivity index (χ0v) is 15.7. The third-order valence-corrected chi connectivity index (χ3v) is 5.20. The lowest BCUT2D eigenvalue weighted by molar-refractivity contribution is 0.0928. The van der Waals surface area contributed by atoms with Crippen LogP contribution in [0.5, 0.6) is 5.75 Å². The third kappa shape index (κ3) is 3.50. The van der Waals surface area contributed by atoms with Gasteiger partial charge in [-0.3, -0.25) is 9.48 Å². The minimum absolute atomic E-state index is 0.0658. The quantitative estimate of drug-likeness (QED) is 0.732. The van der Waals surface area contributed by atoms with Crippen molar-refractivity contribution in [3.63, 3.8) is 0 Å². The maximum absolute atomic E-state index is 13.9. The van der Waals surface area contributed by atoms with Crippen molar-refractivity contribution in [1.82, 2.24) is 15.1 Å². The Labute approximate surface area is 163 Å². The van der Waals surface area contributed by atoms with Crippen LogP contribution >= 0.6 is 0 Å². The summed E-state index contributed by atoms with van der Waals surface area (Å²) >= 11 is 0. The molecule has 1 aromatic heterocycles. The van der Waals surface area contributed by atoms with Crippen molar-refractivity contribution in [3.05, 3.63) is 82.9 Å². The van der Waals surface area contributed by atoms with Crippen LogP contribution in [-0.2, 0) is 13.0 Å². The first-order valence-corrected chi connectivity index (χ1v) is 9.39. The number of hydrogen-bond donors (Lipinski definition) is 1. The molecular weight excluding hydrogens is 357 g/mol. The van der Waals surface area contributed by atoms with Crippen LogP contribution in [0.1, 0.15) is 46.1 Å². The van der Waals surface area contributed by atoms with Crippen molar-refractivity contribution in [2.75, 3.05) is 7.11 Å². The van der Waals surface area contributed by atoms with Crippen molar-refractivity contribution in [2.45, 2.75) is 31.8 Å². The molecule has 0 spiro atoms. The molecule has 1 atom stereocenters. The van der Waals surface area contributed by atoms with Gasteiger partial charge in [0.2, 0.25) is 0 Å². The van der Waals surface area contributed by atoms with Gasteiger partial charge in [-0.2, -0.15) is 5.10 Å². The van der Waals surface area contributed by atoms with E-state index in [2.05, 4.69) is 10.4 Å². The second-order valence-corrected chi connectivity index (χ2v) is 6.91. The highest BCUT2D eigenvalue weighted by molar-refractivity contribution is 5.94. The Morgan fingerprint density at radius 3 is 2.86 bits per heavy atom. The lowest BCUT2D eigenvalue weighted by atomic mass is 9.92. The summed E-state index contributed by atoms with van der Waals surface area (Å²) in [5, 5.41) is 7.53. The fraction of sp³-hybridized carbons (Fsp3) is 0.273. The first kappa shape index (κ1) is 18.2. The molecule has 0 aliphatic heterocycles. The molecule has 1 aliphatic rings. The van der Waals surface area contributed by atoms with E-state index >= 15 is 0 Å². The SMILES string of the molecule is COc1ccccc1Cn1ncc2c1CCC[C@@H]2NC(=O)c1ccccc1F. The first-order chi connectivity index (χ1) is 13.7. The lowest BCUT2D eigenvalue weighted by Gasteiger charge is -2.24. The molecule has 3 aromatic rings. The molecule has 1 aliphatic carbocycles. The number of amides is 1. The molecule has 5 nitrogen and oxygen atoms in total. The maximum Gasteiger partial charge on any atom is 0.254 e. The van der Waals surface area contributed by atoms with Gasteiger partial charge in [-0.1, -0.05) is 30.3 Å². The Hall–Kier alpha value is -3.15. The average Bonchev–Trinajstić information content (AvgIpc) is 3.12. The summed E-state index contributed by atoms with van der Waals surface area (Å²) in [6.07, 6.45) is 4.47. The van der Waals surface area contributed by atoms with E-state index in [4.69, 9.17) is 4.74 Å². The predicted octanol–water partition coefficient (Wildman–Crippen LogP) is 3.89. The second-order valence-electron chi connectivity index (χ2n) is 6.91. The molecule has 4 rings (SSSR count). The van der Waals surface area contributed by atoms with E-state index in [1.807, 2.05) is 35.1 Å². The third-order valence-electron chi connectivity index (χ3n) is 5.20. The molecule has 0 bridgehead atoms. The number of para-hydroxylation sites is 1. The molecule has 144 valence electrons.